The number of rotatable bonds is 6. The van der Waals surface area contributed by atoms with Crippen LogP contribution in [0, 0.1) is 13.8 Å². The van der Waals surface area contributed by atoms with Gasteiger partial charge in [-0.25, -0.2) is 0 Å². The van der Waals surface area contributed by atoms with E-state index in [9.17, 15) is 9.59 Å². The largest absolute Gasteiger partial charge is 0.497 e. The summed E-state index contributed by atoms with van der Waals surface area (Å²) >= 11 is 1.56. The summed E-state index contributed by atoms with van der Waals surface area (Å²) in [4.78, 5) is 30.6. The molecule has 3 rings (SSSR count). The van der Waals surface area contributed by atoms with Crippen LogP contribution in [0.5, 0.6) is 5.75 Å². The molecule has 0 fully saturated rings. The van der Waals surface area contributed by atoms with Crippen LogP contribution in [0.2, 0.25) is 0 Å². The van der Waals surface area contributed by atoms with E-state index in [0.29, 0.717) is 13.1 Å². The smallest absolute Gasteiger partial charge is 0.303 e. The second-order valence-corrected chi connectivity index (χ2v) is 9.17. The predicted molar refractivity (Wildman–Crippen MR) is 124 cm³/mol. The van der Waals surface area contributed by atoms with E-state index in [1.807, 2.05) is 57.1 Å². The third kappa shape index (κ3) is 5.05. The maximum absolute atomic E-state index is 13.8. The molecule has 1 amide bonds. The number of hydrogen-bond donors (Lipinski definition) is 0. The topological polar surface area (TPSA) is 59.1 Å². The van der Waals surface area contributed by atoms with Crippen LogP contribution in [0.3, 0.4) is 0 Å². The van der Waals surface area contributed by atoms with Gasteiger partial charge in [0.05, 0.1) is 18.0 Å². The first-order valence-electron chi connectivity index (χ1n) is 10.3. The first-order valence-corrected chi connectivity index (χ1v) is 11.1. The number of esters is 1. The highest BCUT2D eigenvalue weighted by atomic mass is 32.2. The molecule has 0 aromatic heterocycles. The van der Waals surface area contributed by atoms with Crippen molar-refractivity contribution in [3.63, 3.8) is 0 Å². The van der Waals surface area contributed by atoms with E-state index in [2.05, 4.69) is 12.1 Å². The minimum Gasteiger partial charge on any atom is -0.497 e. The number of nitrogens with zero attached hydrogens (tertiary/aromatic N) is 2. The average Bonchev–Trinajstić information content (AvgIpc) is 2.84. The van der Waals surface area contributed by atoms with Crippen LogP contribution in [0.1, 0.15) is 28.9 Å². The number of fused-ring (bicyclic) bond motifs is 1. The number of ether oxygens (including phenoxy) is 2. The van der Waals surface area contributed by atoms with Crippen molar-refractivity contribution >= 4 is 29.3 Å². The maximum atomic E-state index is 13.8. The fourth-order valence-electron chi connectivity index (χ4n) is 3.65. The van der Waals surface area contributed by atoms with Crippen LogP contribution in [-0.4, -0.2) is 57.2 Å². The van der Waals surface area contributed by atoms with Crippen LogP contribution < -0.4 is 9.64 Å². The minimum atomic E-state index is -0.926. The molecule has 0 spiro atoms. The fourth-order valence-corrected chi connectivity index (χ4v) is 5.03. The zero-order chi connectivity index (χ0) is 22.7. The number of likely N-dealkylation sites (N-methyl/N-ethyl adjacent to an activating group) is 1. The van der Waals surface area contributed by atoms with Gasteiger partial charge in [0.25, 0.3) is 5.91 Å². The summed E-state index contributed by atoms with van der Waals surface area (Å²) in [6.45, 7) is 6.64. The normalized spacial score (nSPS) is 18.5. The number of carbonyl (C=O) groups excluding carboxylic acids is 2. The van der Waals surface area contributed by atoms with E-state index < -0.39 is 12.1 Å². The quantitative estimate of drug-likeness (QED) is 0.631. The van der Waals surface area contributed by atoms with Gasteiger partial charge in [-0.3, -0.25) is 9.59 Å². The third-order valence-corrected chi connectivity index (χ3v) is 6.84. The molecule has 7 heteroatoms. The fraction of sp³-hybridized carbons (Fsp3) is 0.417. The van der Waals surface area contributed by atoms with Crippen LogP contribution in [-0.2, 0) is 14.3 Å². The summed E-state index contributed by atoms with van der Waals surface area (Å²) in [5.41, 5.74) is 4.00. The number of hydrogen-bond acceptors (Lipinski definition) is 6. The Bertz CT molecular complexity index is 959. The first-order chi connectivity index (χ1) is 14.7. The molecule has 2 atom stereocenters. The van der Waals surface area contributed by atoms with Crippen molar-refractivity contribution in [2.45, 2.75) is 37.0 Å². The second-order valence-electron chi connectivity index (χ2n) is 7.99. The summed E-state index contributed by atoms with van der Waals surface area (Å²) in [7, 11) is 5.57. The van der Waals surface area contributed by atoms with Crippen molar-refractivity contribution in [1.82, 2.24) is 4.90 Å². The van der Waals surface area contributed by atoms with E-state index >= 15 is 0 Å². The summed E-state index contributed by atoms with van der Waals surface area (Å²) in [5, 5.41) is -0.368. The second kappa shape index (κ2) is 9.75. The Kier molecular flexibility index (Phi) is 7.28. The molecule has 166 valence electrons. The van der Waals surface area contributed by atoms with Crippen LogP contribution in [0.25, 0.3) is 0 Å². The van der Waals surface area contributed by atoms with Gasteiger partial charge in [-0.2, -0.15) is 0 Å². The van der Waals surface area contributed by atoms with Gasteiger partial charge in [-0.15, -0.1) is 11.8 Å². The summed E-state index contributed by atoms with van der Waals surface area (Å²) in [5.74, 6) is 0.0684. The number of benzene rings is 2. The average molecular weight is 443 g/mol. The first kappa shape index (κ1) is 23.2. The molecular formula is C24H30N2O4S. The van der Waals surface area contributed by atoms with Crippen LogP contribution in [0.4, 0.5) is 5.69 Å². The monoisotopic (exact) mass is 442 g/mol. The van der Waals surface area contributed by atoms with Gasteiger partial charge < -0.3 is 19.3 Å². The molecule has 1 heterocycles. The highest BCUT2D eigenvalue weighted by molar-refractivity contribution is 7.99. The number of amides is 1. The van der Waals surface area contributed by atoms with E-state index in [0.717, 1.165) is 33.0 Å². The summed E-state index contributed by atoms with van der Waals surface area (Å²) in [6.07, 6.45) is -0.926. The Labute approximate surface area is 188 Å². The van der Waals surface area contributed by atoms with Crippen molar-refractivity contribution in [3.05, 3.63) is 53.1 Å². The van der Waals surface area contributed by atoms with Gasteiger partial charge in [-0.05, 0) is 62.8 Å². The standard InChI is InChI=1S/C24H30N2O4S/c1-15-7-12-20-21(16(15)2)26(14-13-25(4)5)24(28)22(30-17(3)27)23(31-20)18-8-10-19(29-6)11-9-18/h7-12,22-23H,13-14H2,1-6H3/t22-,23+/m1/s1. The van der Waals surface area contributed by atoms with E-state index in [-0.39, 0.29) is 11.2 Å². The zero-order valence-corrected chi connectivity index (χ0v) is 19.8. The van der Waals surface area contributed by atoms with Gasteiger partial charge in [0.2, 0.25) is 0 Å². The Balaban J connectivity index is 2.14. The van der Waals surface area contributed by atoms with Gasteiger partial charge >= 0.3 is 5.97 Å². The van der Waals surface area contributed by atoms with Crippen molar-refractivity contribution in [2.75, 3.05) is 39.2 Å². The molecule has 0 N–H and O–H groups in total. The Morgan fingerprint density at radius 1 is 1.13 bits per heavy atom. The van der Waals surface area contributed by atoms with Gasteiger partial charge in [0.15, 0.2) is 6.10 Å². The van der Waals surface area contributed by atoms with Crippen LogP contribution >= 0.6 is 11.8 Å². The van der Waals surface area contributed by atoms with E-state index in [4.69, 9.17) is 9.47 Å². The van der Waals surface area contributed by atoms with Crippen LogP contribution in [0.15, 0.2) is 41.3 Å². The van der Waals surface area contributed by atoms with Crippen molar-refractivity contribution < 1.29 is 19.1 Å². The van der Waals surface area contributed by atoms with Gasteiger partial charge in [-0.1, -0.05) is 18.2 Å². The number of anilines is 1. The Hall–Kier alpha value is -2.51. The lowest BCUT2D eigenvalue weighted by Crippen LogP contribution is -2.45. The van der Waals surface area contributed by atoms with E-state index in [1.54, 1.807) is 23.8 Å². The highest BCUT2D eigenvalue weighted by Gasteiger charge is 2.41. The number of aryl methyl sites for hydroxylation is 1. The summed E-state index contributed by atoms with van der Waals surface area (Å²) < 4.78 is 10.9. The molecule has 31 heavy (non-hydrogen) atoms. The third-order valence-electron chi connectivity index (χ3n) is 5.48. The molecule has 1 aliphatic rings. The zero-order valence-electron chi connectivity index (χ0n) is 19.0. The number of methoxy groups -OCH3 is 1. The number of carbonyl (C=O) groups is 2. The number of thioether (sulfide) groups is 1. The molecule has 0 radical (unpaired) electrons. The molecule has 2 aromatic rings. The molecule has 1 aliphatic heterocycles. The van der Waals surface area contributed by atoms with Crippen molar-refractivity contribution in [3.8, 4) is 5.75 Å². The van der Waals surface area contributed by atoms with Gasteiger partial charge in [0, 0.05) is 24.9 Å². The predicted octanol–water partition coefficient (Wildman–Crippen LogP) is 3.99. The lowest BCUT2D eigenvalue weighted by Gasteiger charge is -2.29. The molecule has 0 saturated heterocycles. The molecule has 0 saturated carbocycles. The van der Waals surface area contributed by atoms with E-state index in [1.165, 1.54) is 6.92 Å². The Morgan fingerprint density at radius 3 is 2.39 bits per heavy atom. The Morgan fingerprint density at radius 2 is 1.81 bits per heavy atom. The molecule has 0 bridgehead atoms. The SMILES string of the molecule is COc1ccc([C@@H]2Sc3ccc(C)c(C)c3N(CCN(C)C)C(=O)[C@@H]2OC(C)=O)cc1. The molecule has 6 nitrogen and oxygen atoms in total. The lowest BCUT2D eigenvalue weighted by molar-refractivity contribution is -0.152. The van der Waals surface area contributed by atoms with Crippen molar-refractivity contribution in [1.29, 1.82) is 0 Å². The molecule has 2 aromatic carbocycles. The lowest BCUT2D eigenvalue weighted by atomic mass is 10.0. The van der Waals surface area contributed by atoms with Gasteiger partial charge in [0.1, 0.15) is 5.75 Å². The molecule has 0 aliphatic carbocycles. The molecule has 0 unspecified atom stereocenters. The minimum absolute atomic E-state index is 0.196. The van der Waals surface area contributed by atoms with Crippen molar-refractivity contribution in [2.24, 2.45) is 0 Å². The maximum Gasteiger partial charge on any atom is 0.303 e. The molecular weight excluding hydrogens is 412 g/mol. The highest BCUT2D eigenvalue weighted by Crippen LogP contribution is 2.48. The summed E-state index contributed by atoms with van der Waals surface area (Å²) in [6, 6.07) is 11.7.